The first-order valence-corrected chi connectivity index (χ1v) is 14.4. The van der Waals surface area contributed by atoms with Gasteiger partial charge < -0.3 is 20.5 Å². The summed E-state index contributed by atoms with van der Waals surface area (Å²) in [6.07, 6.45) is 6.22. The van der Waals surface area contributed by atoms with Gasteiger partial charge in [-0.3, -0.25) is 14.0 Å². The molecule has 1 fully saturated rings. The Kier molecular flexibility index (Phi) is 7.41. The van der Waals surface area contributed by atoms with Crippen molar-refractivity contribution in [2.24, 2.45) is 12.8 Å². The third-order valence-electron chi connectivity index (χ3n) is 7.12. The molecule has 41 heavy (non-hydrogen) atoms. The number of nitrogens with one attached hydrogen (secondary N) is 1. The Balaban J connectivity index is 1.28. The molecule has 1 aliphatic rings. The van der Waals surface area contributed by atoms with Crippen molar-refractivity contribution < 1.29 is 18.7 Å². The largest absolute Gasteiger partial charge is 0.486 e. The quantitative estimate of drug-likeness (QED) is 0.240. The Morgan fingerprint density at radius 3 is 2.76 bits per heavy atom. The number of hydrogen-bond acceptors (Lipinski definition) is 7. The smallest absolute Gasteiger partial charge is 0.262 e. The molecule has 0 aliphatic carbocycles. The predicted molar refractivity (Wildman–Crippen MR) is 157 cm³/mol. The van der Waals surface area contributed by atoms with Crippen molar-refractivity contribution in [1.29, 1.82) is 0 Å². The lowest BCUT2D eigenvalue weighted by Gasteiger charge is -2.25. The number of imidazole rings is 1. The summed E-state index contributed by atoms with van der Waals surface area (Å²) in [7, 11) is 1.87. The maximum atomic E-state index is 14.7. The number of benzene rings is 2. The number of aromatic nitrogens is 4. The van der Waals surface area contributed by atoms with Gasteiger partial charge in [0.05, 0.1) is 22.3 Å². The van der Waals surface area contributed by atoms with Gasteiger partial charge in [0, 0.05) is 30.4 Å². The second-order valence-corrected chi connectivity index (χ2v) is 11.4. The van der Waals surface area contributed by atoms with Gasteiger partial charge in [-0.15, -0.1) is 11.3 Å². The molecule has 2 aromatic carbocycles. The summed E-state index contributed by atoms with van der Waals surface area (Å²) >= 11 is 7.84. The molecule has 0 saturated carbocycles. The minimum Gasteiger partial charge on any atom is -0.486 e. The number of nitrogens with zero attached hydrogens (tertiary/aromatic N) is 4. The molecule has 3 N–H and O–H groups in total. The van der Waals surface area contributed by atoms with Gasteiger partial charge in [0.15, 0.2) is 11.6 Å². The fraction of sp³-hybridized carbons (Fsp3) is 0.276. The zero-order valence-electron chi connectivity index (χ0n) is 22.4. The van der Waals surface area contributed by atoms with Crippen LogP contribution in [0.4, 0.5) is 4.39 Å². The first-order chi connectivity index (χ1) is 19.8. The molecule has 1 aliphatic heterocycles. The lowest BCUT2D eigenvalue weighted by Crippen LogP contribution is -2.34. The molecule has 5 aromatic rings. The Hall–Kier alpha value is -3.93. The zero-order valence-corrected chi connectivity index (χ0v) is 24.0. The van der Waals surface area contributed by atoms with E-state index in [1.165, 1.54) is 17.4 Å². The highest BCUT2D eigenvalue weighted by molar-refractivity contribution is 7.16. The van der Waals surface area contributed by atoms with Crippen molar-refractivity contribution in [2.45, 2.75) is 32.0 Å². The number of fused-ring (bicyclic) bond motifs is 1. The van der Waals surface area contributed by atoms with Crippen LogP contribution in [0.15, 0.2) is 55.1 Å². The van der Waals surface area contributed by atoms with Gasteiger partial charge in [0.2, 0.25) is 0 Å². The van der Waals surface area contributed by atoms with E-state index in [-0.39, 0.29) is 21.8 Å². The van der Waals surface area contributed by atoms with Gasteiger partial charge in [-0.2, -0.15) is 5.10 Å². The molecule has 4 heterocycles. The first kappa shape index (κ1) is 27.3. The second kappa shape index (κ2) is 11.2. The number of rotatable bonds is 8. The summed E-state index contributed by atoms with van der Waals surface area (Å²) in [6.45, 7) is 3.39. The van der Waals surface area contributed by atoms with E-state index in [4.69, 9.17) is 26.8 Å². The van der Waals surface area contributed by atoms with Gasteiger partial charge in [0.1, 0.15) is 34.2 Å². The van der Waals surface area contributed by atoms with Crippen LogP contribution >= 0.6 is 22.9 Å². The summed E-state index contributed by atoms with van der Waals surface area (Å²) in [6, 6.07) is 10.6. The van der Waals surface area contributed by atoms with E-state index in [0.717, 1.165) is 48.1 Å². The molecule has 1 atom stereocenters. The van der Waals surface area contributed by atoms with Crippen molar-refractivity contribution in [1.82, 2.24) is 24.6 Å². The number of hydrogen-bond donors (Lipinski definition) is 2. The van der Waals surface area contributed by atoms with Crippen LogP contribution in [0.25, 0.3) is 27.2 Å². The number of carbonyl (C=O) groups is 1. The average Bonchev–Trinajstić information content (AvgIpc) is 3.69. The van der Waals surface area contributed by atoms with E-state index in [1.54, 1.807) is 36.3 Å². The third kappa shape index (κ3) is 5.40. The predicted octanol–water partition coefficient (Wildman–Crippen LogP) is 5.65. The molecule has 6 rings (SSSR count). The SMILES string of the molecule is C[C@@H](Oc1cc(-n2cnc3cc(-c4cnn(C)c4)ccc32)sc1C(N)=O)c1ccc(F)c(OC2CCNCC2)c1Cl. The van der Waals surface area contributed by atoms with Crippen LogP contribution in [0.3, 0.4) is 0 Å². The van der Waals surface area contributed by atoms with E-state index in [9.17, 15) is 9.18 Å². The Bertz CT molecular complexity index is 1740. The Morgan fingerprint density at radius 2 is 2.02 bits per heavy atom. The highest BCUT2D eigenvalue weighted by Gasteiger charge is 2.25. The number of nitrogens with two attached hydrogens (primary N) is 1. The summed E-state index contributed by atoms with van der Waals surface area (Å²) in [5.41, 5.74) is 9.90. The van der Waals surface area contributed by atoms with Crippen LogP contribution in [0.1, 0.15) is 41.1 Å². The van der Waals surface area contributed by atoms with Gasteiger partial charge in [-0.1, -0.05) is 23.7 Å². The highest BCUT2D eigenvalue weighted by Crippen LogP contribution is 2.40. The van der Waals surface area contributed by atoms with E-state index in [0.29, 0.717) is 16.3 Å². The van der Waals surface area contributed by atoms with Crippen LogP contribution in [0.2, 0.25) is 5.02 Å². The minimum atomic E-state index is -0.624. The Morgan fingerprint density at radius 1 is 1.22 bits per heavy atom. The van der Waals surface area contributed by atoms with E-state index < -0.39 is 17.8 Å². The molecule has 0 radical (unpaired) electrons. The van der Waals surface area contributed by atoms with Crippen LogP contribution in [0.5, 0.6) is 11.5 Å². The number of amides is 1. The van der Waals surface area contributed by atoms with Crippen molar-refractivity contribution in [3.8, 4) is 27.6 Å². The number of halogens is 2. The summed E-state index contributed by atoms with van der Waals surface area (Å²) in [5.74, 6) is -0.825. The fourth-order valence-electron chi connectivity index (χ4n) is 4.98. The zero-order chi connectivity index (χ0) is 28.7. The molecule has 12 heteroatoms. The number of thiophene rings is 1. The molecule has 1 amide bonds. The van der Waals surface area contributed by atoms with Crippen molar-refractivity contribution in [3.05, 3.63) is 76.4 Å². The second-order valence-electron chi connectivity index (χ2n) is 9.97. The molecule has 9 nitrogen and oxygen atoms in total. The van der Waals surface area contributed by atoms with Gasteiger partial charge in [0.25, 0.3) is 5.91 Å². The van der Waals surface area contributed by atoms with E-state index in [2.05, 4.69) is 15.4 Å². The minimum absolute atomic E-state index is 0.0168. The molecule has 0 bridgehead atoms. The average molecular weight is 595 g/mol. The third-order valence-corrected chi connectivity index (χ3v) is 8.64. The summed E-state index contributed by atoms with van der Waals surface area (Å²) in [5, 5.41) is 8.36. The van der Waals surface area contributed by atoms with Crippen LogP contribution in [-0.4, -0.2) is 44.4 Å². The van der Waals surface area contributed by atoms with Crippen LogP contribution < -0.4 is 20.5 Å². The molecular weight excluding hydrogens is 567 g/mol. The summed E-state index contributed by atoms with van der Waals surface area (Å²) in [4.78, 5) is 17.2. The topological polar surface area (TPSA) is 109 Å². The van der Waals surface area contributed by atoms with Crippen molar-refractivity contribution in [2.75, 3.05) is 13.1 Å². The fourth-order valence-corrected chi connectivity index (χ4v) is 6.26. The maximum Gasteiger partial charge on any atom is 0.262 e. The van der Waals surface area contributed by atoms with Crippen LogP contribution in [0, 0.1) is 5.82 Å². The molecular formula is C29H28ClFN6O3S. The van der Waals surface area contributed by atoms with Crippen molar-refractivity contribution in [3.63, 3.8) is 0 Å². The molecule has 1 saturated heterocycles. The lowest BCUT2D eigenvalue weighted by molar-refractivity contribution is 0.0998. The number of carbonyl (C=O) groups excluding carboxylic acids is 1. The number of primary amides is 1. The molecule has 212 valence electrons. The van der Waals surface area contributed by atoms with Gasteiger partial charge >= 0.3 is 0 Å². The van der Waals surface area contributed by atoms with E-state index in [1.807, 2.05) is 36.0 Å². The van der Waals surface area contributed by atoms with Gasteiger partial charge in [-0.05, 0) is 56.6 Å². The monoisotopic (exact) mass is 594 g/mol. The Labute approximate surface area is 244 Å². The van der Waals surface area contributed by atoms with Crippen LogP contribution in [-0.2, 0) is 7.05 Å². The van der Waals surface area contributed by atoms with E-state index >= 15 is 0 Å². The number of aryl methyl sites for hydroxylation is 1. The lowest BCUT2D eigenvalue weighted by atomic mass is 10.1. The molecule has 0 unspecified atom stereocenters. The molecule has 3 aromatic heterocycles. The number of piperidine rings is 1. The number of ether oxygens (including phenoxy) is 2. The maximum absolute atomic E-state index is 14.7. The standard InChI is InChI=1S/C29H28ClFN6O3S/c1-16(20-4-5-21(31)27(26(20)30)40-19-7-9-33-10-8-19)39-24-12-25(41-28(24)29(32)38)37-15-34-22-11-17(3-6-23(22)37)18-13-35-36(2)14-18/h3-6,11-16,19,33H,7-10H2,1-2H3,(H2,32,38)/t16-/m1/s1. The normalized spacial score (nSPS) is 14.8. The van der Waals surface area contributed by atoms with Crippen molar-refractivity contribution >= 4 is 39.9 Å². The van der Waals surface area contributed by atoms with Gasteiger partial charge in [-0.25, -0.2) is 9.37 Å². The first-order valence-electron chi connectivity index (χ1n) is 13.2. The summed E-state index contributed by atoms with van der Waals surface area (Å²) < 4.78 is 30.5. The molecule has 0 spiro atoms. The highest BCUT2D eigenvalue weighted by atomic mass is 35.5.